The third kappa shape index (κ3) is 5.60. The predicted molar refractivity (Wildman–Crippen MR) is 71.7 cm³/mol. The first-order valence-corrected chi connectivity index (χ1v) is 7.33. The largest absolute Gasteiger partial charge is 0.497 e. The van der Waals surface area contributed by atoms with Crippen LogP contribution in [-0.2, 0) is 19.6 Å². The van der Waals surface area contributed by atoms with Crippen molar-refractivity contribution in [3.8, 4) is 5.75 Å². The maximum atomic E-state index is 11.7. The minimum atomic E-state index is -3.46. The average molecular weight is 287 g/mol. The number of anilines is 1. The number of hydrogen-bond acceptors (Lipinski definition) is 5. The van der Waals surface area contributed by atoms with Crippen LogP contribution in [-0.4, -0.2) is 34.4 Å². The molecule has 0 amide bonds. The Morgan fingerprint density at radius 3 is 2.37 bits per heavy atom. The van der Waals surface area contributed by atoms with Crippen LogP contribution in [0.1, 0.15) is 12.8 Å². The molecule has 1 N–H and O–H groups in total. The lowest BCUT2D eigenvalue weighted by Gasteiger charge is -2.08. The summed E-state index contributed by atoms with van der Waals surface area (Å²) in [5.74, 6) is 0.0991. The Bertz CT molecular complexity index is 509. The molecule has 0 unspecified atom stereocenters. The number of esters is 1. The van der Waals surface area contributed by atoms with Gasteiger partial charge in [-0.2, -0.15) is 0 Å². The molecule has 0 aliphatic heterocycles. The van der Waals surface area contributed by atoms with E-state index in [1.807, 2.05) is 0 Å². The predicted octanol–water partition coefficient (Wildman–Crippen LogP) is 1.39. The van der Waals surface area contributed by atoms with Crippen molar-refractivity contribution in [1.29, 1.82) is 0 Å². The van der Waals surface area contributed by atoms with Crippen LogP contribution in [0.5, 0.6) is 5.75 Å². The second-order valence-electron chi connectivity index (χ2n) is 3.83. The van der Waals surface area contributed by atoms with Crippen molar-refractivity contribution in [1.82, 2.24) is 0 Å². The number of benzene rings is 1. The zero-order valence-corrected chi connectivity index (χ0v) is 11.7. The Labute approximate surface area is 112 Å². The molecule has 1 aromatic carbocycles. The van der Waals surface area contributed by atoms with Crippen molar-refractivity contribution in [3.05, 3.63) is 24.3 Å². The highest BCUT2D eigenvalue weighted by molar-refractivity contribution is 7.92. The summed E-state index contributed by atoms with van der Waals surface area (Å²) in [7, 11) is -0.653. The molecule has 0 radical (unpaired) electrons. The van der Waals surface area contributed by atoms with Gasteiger partial charge < -0.3 is 9.47 Å². The quantitative estimate of drug-likeness (QED) is 0.766. The highest BCUT2D eigenvalue weighted by Crippen LogP contribution is 2.16. The summed E-state index contributed by atoms with van der Waals surface area (Å²) < 4.78 is 35.3. The van der Waals surface area contributed by atoms with Crippen LogP contribution in [0.15, 0.2) is 24.3 Å². The lowest BCUT2D eigenvalue weighted by molar-refractivity contribution is -0.140. The van der Waals surface area contributed by atoms with Gasteiger partial charge in [0.1, 0.15) is 5.75 Å². The van der Waals surface area contributed by atoms with Gasteiger partial charge in [-0.3, -0.25) is 9.52 Å². The Morgan fingerprint density at radius 2 is 1.84 bits per heavy atom. The first-order valence-electron chi connectivity index (χ1n) is 5.68. The van der Waals surface area contributed by atoms with E-state index >= 15 is 0 Å². The zero-order chi connectivity index (χ0) is 14.3. The normalized spacial score (nSPS) is 10.8. The van der Waals surface area contributed by atoms with Crippen molar-refractivity contribution in [2.24, 2.45) is 0 Å². The molecule has 0 aliphatic rings. The van der Waals surface area contributed by atoms with Crippen LogP contribution in [0.25, 0.3) is 0 Å². The van der Waals surface area contributed by atoms with E-state index in [0.29, 0.717) is 11.4 Å². The summed E-state index contributed by atoms with van der Waals surface area (Å²) >= 11 is 0. The number of hydrogen-bond donors (Lipinski definition) is 1. The second kappa shape index (κ2) is 6.98. The van der Waals surface area contributed by atoms with Crippen LogP contribution in [0, 0.1) is 0 Å². The molecule has 0 aromatic heterocycles. The molecule has 0 saturated carbocycles. The van der Waals surface area contributed by atoms with Gasteiger partial charge in [-0.25, -0.2) is 8.42 Å². The van der Waals surface area contributed by atoms with E-state index < -0.39 is 16.0 Å². The standard InChI is InChI=1S/C12H17NO5S/c1-17-11-7-5-10(6-8-11)13-19(15,16)9-3-4-12(14)18-2/h5-8,13H,3-4,9H2,1-2H3. The minimum Gasteiger partial charge on any atom is -0.497 e. The second-order valence-corrected chi connectivity index (χ2v) is 5.67. The molecule has 0 heterocycles. The summed E-state index contributed by atoms with van der Waals surface area (Å²) in [4.78, 5) is 10.9. The molecular formula is C12H17NO5S. The van der Waals surface area contributed by atoms with Gasteiger partial charge in [0.05, 0.1) is 20.0 Å². The number of methoxy groups -OCH3 is 2. The fourth-order valence-electron chi connectivity index (χ4n) is 1.40. The smallest absolute Gasteiger partial charge is 0.305 e. The summed E-state index contributed by atoms with van der Waals surface area (Å²) in [5.41, 5.74) is 0.457. The summed E-state index contributed by atoms with van der Waals surface area (Å²) in [6.07, 6.45) is 0.304. The molecule has 1 rings (SSSR count). The topological polar surface area (TPSA) is 81.7 Å². The van der Waals surface area contributed by atoms with Crippen LogP contribution < -0.4 is 9.46 Å². The molecule has 0 fully saturated rings. The fourth-order valence-corrected chi connectivity index (χ4v) is 2.52. The molecule has 7 heteroatoms. The van der Waals surface area contributed by atoms with Gasteiger partial charge in [-0.1, -0.05) is 0 Å². The van der Waals surface area contributed by atoms with Crippen LogP contribution in [0.3, 0.4) is 0 Å². The van der Waals surface area contributed by atoms with Gasteiger partial charge in [-0.05, 0) is 30.7 Å². The Balaban J connectivity index is 2.51. The van der Waals surface area contributed by atoms with Gasteiger partial charge in [0.25, 0.3) is 0 Å². The Hall–Kier alpha value is -1.76. The summed E-state index contributed by atoms with van der Waals surface area (Å²) in [6, 6.07) is 6.53. The number of sulfonamides is 1. The molecule has 0 aliphatic carbocycles. The molecule has 1 aromatic rings. The van der Waals surface area contributed by atoms with Crippen molar-refractivity contribution in [3.63, 3.8) is 0 Å². The van der Waals surface area contributed by atoms with Gasteiger partial charge in [0.15, 0.2) is 0 Å². The van der Waals surface area contributed by atoms with Gasteiger partial charge >= 0.3 is 5.97 Å². The first-order chi connectivity index (χ1) is 8.96. The monoisotopic (exact) mass is 287 g/mol. The van der Waals surface area contributed by atoms with E-state index in [1.54, 1.807) is 24.3 Å². The highest BCUT2D eigenvalue weighted by atomic mass is 32.2. The van der Waals surface area contributed by atoms with Gasteiger partial charge in [0, 0.05) is 12.1 Å². The summed E-state index contributed by atoms with van der Waals surface area (Å²) in [5, 5.41) is 0. The van der Waals surface area contributed by atoms with E-state index in [-0.39, 0.29) is 18.6 Å². The SMILES string of the molecule is COC(=O)CCCS(=O)(=O)Nc1ccc(OC)cc1. The fraction of sp³-hybridized carbons (Fsp3) is 0.417. The molecule has 0 spiro atoms. The van der Waals surface area contributed by atoms with Crippen molar-refractivity contribution < 1.29 is 22.7 Å². The van der Waals surface area contributed by atoms with E-state index in [1.165, 1.54) is 14.2 Å². The highest BCUT2D eigenvalue weighted by Gasteiger charge is 2.11. The van der Waals surface area contributed by atoms with Crippen LogP contribution >= 0.6 is 0 Å². The van der Waals surface area contributed by atoms with E-state index in [0.717, 1.165) is 0 Å². The average Bonchev–Trinajstić information content (AvgIpc) is 2.38. The van der Waals surface area contributed by atoms with E-state index in [2.05, 4.69) is 9.46 Å². The number of nitrogens with one attached hydrogen (secondary N) is 1. The maximum Gasteiger partial charge on any atom is 0.305 e. The van der Waals surface area contributed by atoms with Crippen LogP contribution in [0.2, 0.25) is 0 Å². The molecule has 0 bridgehead atoms. The number of ether oxygens (including phenoxy) is 2. The van der Waals surface area contributed by atoms with Crippen LogP contribution in [0.4, 0.5) is 5.69 Å². The number of carbonyl (C=O) groups excluding carboxylic acids is 1. The van der Waals surface area contributed by atoms with Crippen molar-refractivity contribution >= 4 is 21.7 Å². The van der Waals surface area contributed by atoms with E-state index in [4.69, 9.17) is 4.74 Å². The molecule has 19 heavy (non-hydrogen) atoms. The molecule has 0 saturated heterocycles. The molecule has 0 atom stereocenters. The lowest BCUT2D eigenvalue weighted by Crippen LogP contribution is -2.17. The molecular weight excluding hydrogens is 270 g/mol. The minimum absolute atomic E-state index is 0.0834. The maximum absolute atomic E-state index is 11.7. The number of carbonyl (C=O) groups is 1. The Morgan fingerprint density at radius 1 is 1.21 bits per heavy atom. The van der Waals surface area contributed by atoms with Crippen molar-refractivity contribution in [2.45, 2.75) is 12.8 Å². The Kier molecular flexibility index (Phi) is 5.62. The van der Waals surface area contributed by atoms with Gasteiger partial charge in [0.2, 0.25) is 10.0 Å². The lowest BCUT2D eigenvalue weighted by atomic mass is 10.3. The van der Waals surface area contributed by atoms with E-state index in [9.17, 15) is 13.2 Å². The van der Waals surface area contributed by atoms with Crippen molar-refractivity contribution in [2.75, 3.05) is 24.7 Å². The number of rotatable bonds is 7. The first kappa shape index (κ1) is 15.3. The van der Waals surface area contributed by atoms with Gasteiger partial charge in [-0.15, -0.1) is 0 Å². The third-order valence-corrected chi connectivity index (χ3v) is 3.76. The zero-order valence-electron chi connectivity index (χ0n) is 10.9. The summed E-state index contributed by atoms with van der Waals surface area (Å²) in [6.45, 7) is 0. The third-order valence-electron chi connectivity index (χ3n) is 2.39. The molecule has 6 nitrogen and oxygen atoms in total. The molecule has 106 valence electrons.